The van der Waals surface area contributed by atoms with Crippen LogP contribution in [0, 0.1) is 11.6 Å². The van der Waals surface area contributed by atoms with Crippen molar-refractivity contribution in [2.24, 2.45) is 0 Å². The highest BCUT2D eigenvalue weighted by atomic mass is 32.2. The minimum absolute atomic E-state index is 0.126. The van der Waals surface area contributed by atoms with E-state index in [-0.39, 0.29) is 5.92 Å². The maximum Gasteiger partial charge on any atom is 0.140 e. The van der Waals surface area contributed by atoms with Crippen molar-refractivity contribution in [3.63, 3.8) is 0 Å². The van der Waals surface area contributed by atoms with Crippen LogP contribution in [0.2, 0.25) is 0 Å². The Kier molecular flexibility index (Phi) is 3.99. The van der Waals surface area contributed by atoms with Gasteiger partial charge < -0.3 is 5.73 Å². The van der Waals surface area contributed by atoms with Crippen LogP contribution >= 0.6 is 11.8 Å². The maximum absolute atomic E-state index is 13.6. The molecule has 2 aromatic rings. The van der Waals surface area contributed by atoms with Gasteiger partial charge >= 0.3 is 0 Å². The maximum atomic E-state index is 13.6. The van der Waals surface area contributed by atoms with Crippen molar-refractivity contribution in [1.82, 2.24) is 9.97 Å². The monoisotopic (exact) mass is 281 g/mol. The largest absolute Gasteiger partial charge is 0.384 e. The number of nitrogens with zero attached hydrogens (tertiary/aromatic N) is 2. The lowest BCUT2D eigenvalue weighted by molar-refractivity contribution is 0.565. The summed E-state index contributed by atoms with van der Waals surface area (Å²) in [6.07, 6.45) is 0. The molecule has 0 amide bonds. The van der Waals surface area contributed by atoms with Crippen LogP contribution in [0.1, 0.15) is 25.6 Å². The van der Waals surface area contributed by atoms with Gasteiger partial charge in [-0.1, -0.05) is 25.6 Å². The van der Waals surface area contributed by atoms with E-state index in [9.17, 15) is 8.78 Å². The highest BCUT2D eigenvalue weighted by Gasteiger charge is 2.10. The van der Waals surface area contributed by atoms with E-state index in [1.165, 1.54) is 12.1 Å². The van der Waals surface area contributed by atoms with Crippen LogP contribution < -0.4 is 5.73 Å². The predicted molar refractivity (Wildman–Crippen MR) is 71.0 cm³/mol. The van der Waals surface area contributed by atoms with Gasteiger partial charge in [0.15, 0.2) is 0 Å². The molecular formula is C13H13F2N3S. The molecule has 0 saturated heterocycles. The third kappa shape index (κ3) is 3.41. The Morgan fingerprint density at radius 3 is 2.53 bits per heavy atom. The summed E-state index contributed by atoms with van der Waals surface area (Å²) in [5.74, 6) is -0.158. The molecular weight excluding hydrogens is 268 g/mol. The summed E-state index contributed by atoms with van der Waals surface area (Å²) in [6.45, 7) is 3.89. The summed E-state index contributed by atoms with van der Waals surface area (Å²) in [6, 6.07) is 5.00. The third-order valence-corrected chi connectivity index (χ3v) is 3.33. The second kappa shape index (κ2) is 5.52. The molecule has 2 N–H and O–H groups in total. The van der Waals surface area contributed by atoms with Crippen molar-refractivity contribution in [1.29, 1.82) is 0 Å². The summed E-state index contributed by atoms with van der Waals surface area (Å²) >= 11 is 1.10. The van der Waals surface area contributed by atoms with Gasteiger partial charge in [-0.2, -0.15) is 0 Å². The van der Waals surface area contributed by atoms with Gasteiger partial charge in [-0.15, -0.1) is 0 Å². The molecule has 0 spiro atoms. The summed E-state index contributed by atoms with van der Waals surface area (Å²) in [4.78, 5) is 8.71. The molecule has 0 aliphatic rings. The Morgan fingerprint density at radius 1 is 1.16 bits per heavy atom. The first-order valence-corrected chi connectivity index (χ1v) is 6.54. The van der Waals surface area contributed by atoms with Crippen LogP contribution in [-0.4, -0.2) is 9.97 Å². The van der Waals surface area contributed by atoms with E-state index in [0.29, 0.717) is 21.6 Å². The molecule has 0 atom stereocenters. The zero-order chi connectivity index (χ0) is 14.0. The lowest BCUT2D eigenvalue weighted by Crippen LogP contribution is -2.02. The average molecular weight is 281 g/mol. The fourth-order valence-corrected chi connectivity index (χ4v) is 2.28. The Labute approximate surface area is 114 Å². The first kappa shape index (κ1) is 13.7. The van der Waals surface area contributed by atoms with E-state index in [2.05, 4.69) is 9.97 Å². The zero-order valence-corrected chi connectivity index (χ0v) is 11.3. The molecule has 1 heterocycles. The molecule has 0 aliphatic carbocycles. The number of hydrogen-bond acceptors (Lipinski definition) is 4. The van der Waals surface area contributed by atoms with E-state index < -0.39 is 11.6 Å². The quantitative estimate of drug-likeness (QED) is 0.873. The highest BCUT2D eigenvalue weighted by Crippen LogP contribution is 2.30. The molecule has 1 aromatic carbocycles. The van der Waals surface area contributed by atoms with Crippen LogP contribution in [0.3, 0.4) is 0 Å². The van der Waals surface area contributed by atoms with Crippen LogP contribution in [-0.2, 0) is 0 Å². The molecule has 0 aliphatic heterocycles. The number of hydrogen-bond donors (Lipinski definition) is 1. The zero-order valence-electron chi connectivity index (χ0n) is 10.5. The smallest absolute Gasteiger partial charge is 0.140 e. The lowest BCUT2D eigenvalue weighted by atomic mass is 10.2. The predicted octanol–water partition coefficient (Wildman–Crippen LogP) is 3.61. The van der Waals surface area contributed by atoms with Crippen molar-refractivity contribution < 1.29 is 8.78 Å². The van der Waals surface area contributed by atoms with Crippen LogP contribution in [0.25, 0.3) is 0 Å². The van der Waals surface area contributed by atoms with Gasteiger partial charge in [-0.3, -0.25) is 0 Å². The molecule has 0 fully saturated rings. The Bertz CT molecular complexity index is 602. The fourth-order valence-electron chi connectivity index (χ4n) is 1.44. The number of rotatable bonds is 3. The standard InChI is InChI=1S/C13H13F2N3S/c1-7(2)13-17-11(16)6-12(18-13)19-10-4-3-8(14)5-9(10)15/h3-7H,1-2H3,(H2,16,17,18). The molecule has 0 unspecified atom stereocenters. The summed E-state index contributed by atoms with van der Waals surface area (Å²) < 4.78 is 26.4. The van der Waals surface area contributed by atoms with E-state index in [1.807, 2.05) is 13.8 Å². The van der Waals surface area contributed by atoms with E-state index in [1.54, 1.807) is 6.07 Å². The SMILES string of the molecule is CC(C)c1nc(N)cc(Sc2ccc(F)cc2F)n1. The molecule has 0 radical (unpaired) electrons. The number of benzene rings is 1. The molecule has 0 bridgehead atoms. The highest BCUT2D eigenvalue weighted by molar-refractivity contribution is 7.99. The second-order valence-electron chi connectivity index (χ2n) is 4.32. The van der Waals surface area contributed by atoms with Gasteiger partial charge in [0.25, 0.3) is 0 Å². The summed E-state index contributed by atoms with van der Waals surface area (Å²) in [5, 5.41) is 0.543. The molecule has 0 saturated carbocycles. The van der Waals surface area contributed by atoms with E-state index in [0.717, 1.165) is 17.8 Å². The Hall–Kier alpha value is -1.69. The topological polar surface area (TPSA) is 51.8 Å². The molecule has 6 heteroatoms. The Balaban J connectivity index is 2.32. The summed E-state index contributed by atoms with van der Waals surface area (Å²) in [5.41, 5.74) is 5.69. The number of anilines is 1. The number of nitrogen functional groups attached to an aromatic ring is 1. The van der Waals surface area contributed by atoms with Gasteiger partial charge in [0.1, 0.15) is 28.3 Å². The second-order valence-corrected chi connectivity index (χ2v) is 5.38. The average Bonchev–Trinajstić information content (AvgIpc) is 2.32. The van der Waals surface area contributed by atoms with Crippen molar-refractivity contribution in [2.75, 3.05) is 5.73 Å². The molecule has 1 aromatic heterocycles. The van der Waals surface area contributed by atoms with Crippen molar-refractivity contribution >= 4 is 17.6 Å². The van der Waals surface area contributed by atoms with Crippen molar-refractivity contribution in [3.05, 3.63) is 41.7 Å². The van der Waals surface area contributed by atoms with Crippen LogP contribution in [0.15, 0.2) is 34.2 Å². The molecule has 3 nitrogen and oxygen atoms in total. The van der Waals surface area contributed by atoms with Gasteiger partial charge in [-0.25, -0.2) is 18.7 Å². The van der Waals surface area contributed by atoms with E-state index >= 15 is 0 Å². The van der Waals surface area contributed by atoms with Gasteiger partial charge in [0.05, 0.1) is 0 Å². The minimum atomic E-state index is -0.617. The first-order valence-electron chi connectivity index (χ1n) is 5.73. The van der Waals surface area contributed by atoms with Crippen LogP contribution in [0.5, 0.6) is 0 Å². The van der Waals surface area contributed by atoms with Gasteiger partial charge in [0, 0.05) is 22.9 Å². The van der Waals surface area contributed by atoms with Gasteiger partial charge in [-0.05, 0) is 12.1 Å². The molecule has 2 rings (SSSR count). The molecule has 19 heavy (non-hydrogen) atoms. The molecule has 100 valence electrons. The Morgan fingerprint density at radius 2 is 1.89 bits per heavy atom. The van der Waals surface area contributed by atoms with Gasteiger partial charge in [0.2, 0.25) is 0 Å². The number of aromatic nitrogens is 2. The summed E-state index contributed by atoms with van der Waals surface area (Å²) in [7, 11) is 0. The van der Waals surface area contributed by atoms with E-state index in [4.69, 9.17) is 5.73 Å². The number of halogens is 2. The van der Waals surface area contributed by atoms with Crippen molar-refractivity contribution in [3.8, 4) is 0 Å². The number of nitrogens with two attached hydrogens (primary N) is 1. The normalized spacial score (nSPS) is 11.0. The van der Waals surface area contributed by atoms with Crippen LogP contribution in [0.4, 0.5) is 14.6 Å². The lowest BCUT2D eigenvalue weighted by Gasteiger charge is -2.08. The third-order valence-electron chi connectivity index (χ3n) is 2.36. The minimum Gasteiger partial charge on any atom is -0.384 e. The first-order chi connectivity index (χ1) is 8.95. The fraction of sp³-hybridized carbons (Fsp3) is 0.231. The van der Waals surface area contributed by atoms with Crippen molar-refractivity contribution in [2.45, 2.75) is 29.7 Å².